The van der Waals surface area contributed by atoms with E-state index in [-0.39, 0.29) is 175 Å². The average Bonchev–Trinajstić information content (AvgIpc) is 0.756. The zero-order valence-electron chi connectivity index (χ0n) is 70.2. The Hall–Kier alpha value is -12.9. The Morgan fingerprint density at radius 1 is 0.463 bits per heavy atom. The smallest absolute Gasteiger partial charge is 0.779 e. The molecule has 1 N–H and O–H groups in total. The third kappa shape index (κ3) is 23.8. The number of hydrogen-bond donors (Lipinski definition) is 1. The van der Waals surface area contributed by atoms with Gasteiger partial charge in [-0.3, -0.25) is 85.1 Å². The molecule has 0 radical (unpaired) electrons. The van der Waals surface area contributed by atoms with E-state index in [9.17, 15) is 76.7 Å². The molecule has 0 aliphatic heterocycles. The summed E-state index contributed by atoms with van der Waals surface area (Å²) in [5.41, 5.74) is -1.93. The molecule has 0 spiro atoms. The maximum atomic E-state index is 15.0. The molecule has 8 aromatic carbocycles. The number of halogens is 14. The van der Waals surface area contributed by atoms with Crippen molar-refractivity contribution in [3.05, 3.63) is 429 Å². The number of nitrogens with zero attached hydrogens (tertiary/aromatic N) is 11. The summed E-state index contributed by atoms with van der Waals surface area (Å²) >= 11 is 6.56. The van der Waals surface area contributed by atoms with E-state index in [2.05, 4.69) is 95.1 Å². The summed E-state index contributed by atoms with van der Waals surface area (Å²) < 4.78 is 200. The van der Waals surface area contributed by atoms with Gasteiger partial charge in [-0.1, -0.05) is 242 Å². The molecule has 0 saturated carbocycles. The van der Waals surface area contributed by atoms with Crippen molar-refractivity contribution in [3.63, 3.8) is 0 Å². The molecule has 14 nitrogen and oxygen atoms in total. The van der Waals surface area contributed by atoms with Crippen LogP contribution in [0.15, 0.2) is 288 Å². The summed E-state index contributed by atoms with van der Waals surface area (Å²) in [6, 6.07) is 81.5. The maximum Gasteiger partial charge on any atom is 2.00 e. The molecule has 0 aliphatic carbocycles. The summed E-state index contributed by atoms with van der Waals surface area (Å²) in [4.78, 5) is 50.1. The number of rotatable bonds is 18. The standard InChI is InChI=1S/C30H20F3N3.C26H15F4N3.C24H14F5N2O.C22H12F2N3O2S2.4Pt/c1-30(2,21-10-7-14-34-18-21)20-9-5-8-19(16-20)24-12-6-13-26(36-24)23-17-22(25-11-3-4-15-35-25)27(31)29(33)28(23)32;1-26(2,18-11-12-19(28)17(14-31)25(18)30)24-8-4-7-23(33-24)22-6-3-5-21(32-22)16-10-9-15(27)13-20(16)29;25-22-16(18-8-3-4-11-30-18)13-17(23(26)21(22)24(27,28)29)19-9-5-7-15(31-19)12-14-6-1-2-10-20(14)32;23-20-13(15-6-3-4-11-25-15)12-14(21(24)22(20)27(28)29)16-7-5-10-19(26-16)31-18-9-2-1-8-17(18)30;;;;/h3-9,11-16,18H,1-2H3;3-9,12-13H,1-2H3;1-11,32H,12H2;1-11,30H;;;;/q2*-2;2*-1;;3*+2/p-1. The van der Waals surface area contributed by atoms with Crippen LogP contribution in [-0.4, -0.2) is 54.9 Å². The van der Waals surface area contributed by atoms with Crippen LogP contribution in [-0.2, 0) is 120 Å². The van der Waals surface area contributed by atoms with Gasteiger partial charge in [0.2, 0.25) is 0 Å². The first kappa shape index (κ1) is 105. The second-order valence-corrected chi connectivity index (χ2v) is 31.2. The van der Waals surface area contributed by atoms with Crippen molar-refractivity contribution in [3.8, 4) is 113 Å². The fourth-order valence-corrected chi connectivity index (χ4v) is 14.7. The number of phenols is 1. The van der Waals surface area contributed by atoms with Gasteiger partial charge in [0.25, 0.3) is 5.69 Å². The topological polar surface area (TPSA) is 203 Å². The van der Waals surface area contributed by atoms with Gasteiger partial charge in [0.15, 0.2) is 0 Å². The normalized spacial score (nSPS) is 10.9. The number of nitro benzene ring substituents is 1. The summed E-state index contributed by atoms with van der Waals surface area (Å²) in [7, 11) is 0. The second-order valence-electron chi connectivity index (χ2n) is 29.7. The predicted molar refractivity (Wildman–Crippen MR) is 468 cm³/mol. The van der Waals surface area contributed by atoms with E-state index < -0.39 is 108 Å². The molecule has 17 aromatic rings. The Bertz CT molecular complexity index is 7240. The van der Waals surface area contributed by atoms with Crippen molar-refractivity contribution >= 4 is 30.1 Å². The fourth-order valence-electron chi connectivity index (χ4n) is 13.6. The molecule has 0 amide bonds. The first-order valence-corrected chi connectivity index (χ1v) is 40.6. The maximum absolute atomic E-state index is 15.0. The van der Waals surface area contributed by atoms with Crippen LogP contribution in [0.2, 0.25) is 0 Å². The van der Waals surface area contributed by atoms with E-state index in [1.54, 1.807) is 148 Å². The van der Waals surface area contributed by atoms with Crippen LogP contribution in [0.25, 0.3) is 101 Å². The van der Waals surface area contributed by atoms with Gasteiger partial charge in [-0.25, -0.2) is 13.2 Å². The van der Waals surface area contributed by atoms with E-state index in [1.165, 1.54) is 97.1 Å². The summed E-state index contributed by atoms with van der Waals surface area (Å²) in [6.45, 7) is 7.52. The van der Waals surface area contributed by atoms with Gasteiger partial charge in [-0.2, -0.15) is 41.5 Å². The van der Waals surface area contributed by atoms with Crippen LogP contribution < -0.4 is 0 Å². The van der Waals surface area contributed by atoms with Crippen LogP contribution in [0.5, 0.6) is 5.75 Å². The van der Waals surface area contributed by atoms with Gasteiger partial charge in [0.1, 0.15) is 23.2 Å². The molecule has 9 heterocycles. The van der Waals surface area contributed by atoms with Crippen molar-refractivity contribution in [2.45, 2.75) is 65.9 Å². The number of alkyl halides is 3. The van der Waals surface area contributed by atoms with Crippen molar-refractivity contribution in [2.75, 3.05) is 0 Å². The molecular weight excluding hydrogens is 2540 g/mol. The van der Waals surface area contributed by atoms with Crippen LogP contribution in [0, 0.1) is 122 Å². The quantitative estimate of drug-likeness (QED) is 0.0212. The minimum atomic E-state index is -5.28. The van der Waals surface area contributed by atoms with Gasteiger partial charge in [0, 0.05) is 126 Å². The molecule has 0 unspecified atom stereocenters. The van der Waals surface area contributed by atoms with Crippen LogP contribution in [0.4, 0.5) is 67.2 Å². The Morgan fingerprint density at radius 3 is 1.51 bits per heavy atom. The number of benzene rings is 8. The molecule has 9 aromatic heterocycles. The molecule has 34 heteroatoms. The first-order valence-electron chi connectivity index (χ1n) is 39.4. The van der Waals surface area contributed by atoms with Crippen LogP contribution in [0.1, 0.15) is 72.5 Å². The largest absolute Gasteiger partial charge is 2.00 e. The number of phenolic OH excluding ortho intramolecular Hbond substituents is 1. The minimum Gasteiger partial charge on any atom is -0.779 e. The Balaban J connectivity index is 0.000000186. The summed E-state index contributed by atoms with van der Waals surface area (Å²) in [5, 5.41) is 30.9. The van der Waals surface area contributed by atoms with E-state index in [4.69, 9.17) is 17.9 Å². The molecule has 0 atom stereocenters. The van der Waals surface area contributed by atoms with Crippen LogP contribution >= 0.6 is 11.8 Å². The molecule has 0 saturated heterocycles. The monoisotopic (exact) mass is 2600 g/mol. The van der Waals surface area contributed by atoms with E-state index >= 15 is 0 Å². The number of para-hydroxylation sites is 1. The Kier molecular flexibility index (Phi) is 35.7. The van der Waals surface area contributed by atoms with Gasteiger partial charge in [-0.05, 0) is 105 Å². The zero-order valence-corrected chi connectivity index (χ0v) is 81.0. The Morgan fingerprint density at radius 2 is 0.949 bits per heavy atom. The summed E-state index contributed by atoms with van der Waals surface area (Å²) in [5.74, 6) is -14.0. The van der Waals surface area contributed by atoms with E-state index in [1.807, 2.05) is 42.5 Å². The van der Waals surface area contributed by atoms with Crippen molar-refractivity contribution in [1.82, 2.24) is 44.9 Å². The first-order chi connectivity index (χ1) is 63.3. The number of aromatic nitrogens is 9. The molecule has 0 bridgehead atoms. The SMILES string of the molecule is CC(C)(c1[c-]ccnc1)c1cccc(-c2cccc(-c3[c-]c(-c4ccccn4)c(F)c(F)c3F)n2)c1.CC(C)(c1cccc(-c2cccc(-c3[c-]cc(F)cc3F)n2)n1)c1[c-]cc(F)c(C#N)c1F.O=[N+]([O-])c1c(F)c(-c2ccccn2)[c-]c(-c2cccc(Sc3ccccc3[S-])n2)c1F.Oc1ccccc1Cc1cccc(-c2[c-]c(-c3ccccn3)c(F)c(C(F)(F)F)c2F)n1.[Pt+2].[Pt+2].[Pt+2].[Pt]. The molecule has 0 aliphatic rings. The zero-order chi connectivity index (χ0) is 93.9. The van der Waals surface area contributed by atoms with Gasteiger partial charge >= 0.3 is 69.4 Å². The number of nitro groups is 1. The van der Waals surface area contributed by atoms with E-state index in [0.29, 0.717) is 44.0 Å². The molecule has 17 rings (SSSR count). The molecule has 0 fully saturated rings. The van der Waals surface area contributed by atoms with Crippen molar-refractivity contribution in [2.24, 2.45) is 0 Å². The third-order valence-electron chi connectivity index (χ3n) is 20.4. The predicted octanol–water partition coefficient (Wildman–Crippen LogP) is 25.4. The molecule has 692 valence electrons. The van der Waals surface area contributed by atoms with Crippen molar-refractivity contribution in [1.29, 1.82) is 5.26 Å². The third-order valence-corrected chi connectivity index (χ3v) is 21.9. The van der Waals surface area contributed by atoms with Gasteiger partial charge in [0.05, 0.1) is 61.9 Å². The average molecular weight is 2600 g/mol. The number of nitriles is 1. The van der Waals surface area contributed by atoms with Gasteiger partial charge < -0.3 is 22.7 Å². The Labute approximate surface area is 837 Å². The molecule has 136 heavy (non-hydrogen) atoms. The molecular formula is C102H60F14N11O3Pt4S2-. The van der Waals surface area contributed by atoms with Crippen LogP contribution in [0.3, 0.4) is 0 Å². The number of aromatic hydroxyl groups is 1. The van der Waals surface area contributed by atoms with E-state index in [0.717, 1.165) is 39.8 Å². The van der Waals surface area contributed by atoms with Crippen molar-refractivity contribution < 1.29 is 156 Å². The number of pyridine rings is 9. The fraction of sp³-hybridized carbons (Fsp3) is 0.0784. The summed E-state index contributed by atoms with van der Waals surface area (Å²) in [6.07, 6.45) is 2.46. The van der Waals surface area contributed by atoms with Gasteiger partial charge in [-0.15, -0.1) is 47.5 Å². The minimum absolute atomic E-state index is 0. The number of hydrogen-bond acceptors (Lipinski definition) is 15. The second kappa shape index (κ2) is 46.1.